The fraction of sp³-hybridized carbons (Fsp3) is 0.520. The number of hydrogen-bond acceptors (Lipinski definition) is 8. The Labute approximate surface area is 203 Å². The van der Waals surface area contributed by atoms with Gasteiger partial charge in [0.05, 0.1) is 16.5 Å². The number of anilines is 1. The molecule has 3 aromatic rings. The summed E-state index contributed by atoms with van der Waals surface area (Å²) in [6, 6.07) is 9.79. The first-order valence-corrected chi connectivity index (χ1v) is 13.0. The predicted molar refractivity (Wildman–Crippen MR) is 132 cm³/mol. The first-order valence-electron chi connectivity index (χ1n) is 12.1. The number of nitrogens with one attached hydrogen (secondary N) is 1. The monoisotopic (exact) mass is 481 g/mol. The number of aromatic nitrogens is 3. The number of hydrogen-bond donors (Lipinski definition) is 1. The Hall–Kier alpha value is -2.62. The van der Waals surface area contributed by atoms with Crippen molar-refractivity contribution in [2.75, 3.05) is 24.7 Å². The number of benzene rings is 1. The van der Waals surface area contributed by atoms with Crippen LogP contribution in [0.3, 0.4) is 0 Å². The van der Waals surface area contributed by atoms with Crippen molar-refractivity contribution in [1.82, 2.24) is 20.3 Å². The van der Waals surface area contributed by atoms with Gasteiger partial charge in [0.25, 0.3) is 0 Å². The van der Waals surface area contributed by atoms with Crippen molar-refractivity contribution in [2.45, 2.75) is 64.3 Å². The zero-order valence-corrected chi connectivity index (χ0v) is 20.4. The summed E-state index contributed by atoms with van der Waals surface area (Å²) < 4.78 is 12.5. The van der Waals surface area contributed by atoms with E-state index in [9.17, 15) is 4.79 Å². The number of rotatable bonds is 8. The Bertz CT molecular complexity index is 1120. The summed E-state index contributed by atoms with van der Waals surface area (Å²) in [7, 11) is 0. The molecule has 0 bridgehead atoms. The number of ether oxygens (including phenoxy) is 2. The van der Waals surface area contributed by atoms with E-state index in [0.29, 0.717) is 24.6 Å². The molecule has 4 heterocycles. The molecule has 2 aliphatic heterocycles. The fourth-order valence-corrected chi connectivity index (χ4v) is 5.69. The van der Waals surface area contributed by atoms with Crippen LogP contribution in [0.15, 0.2) is 30.3 Å². The predicted octanol–water partition coefficient (Wildman–Crippen LogP) is 3.63. The summed E-state index contributed by atoms with van der Waals surface area (Å²) in [6.45, 7) is 5.32. The van der Waals surface area contributed by atoms with Crippen LogP contribution in [0.2, 0.25) is 0 Å². The average molecular weight is 482 g/mol. The van der Waals surface area contributed by atoms with Crippen LogP contribution in [-0.4, -0.2) is 52.8 Å². The van der Waals surface area contributed by atoms with Crippen LogP contribution in [0.4, 0.5) is 5.13 Å². The number of nitrogens with zero attached hydrogens (tertiary/aromatic N) is 4. The Kier molecular flexibility index (Phi) is 7.32. The molecule has 5 rings (SSSR count). The molecule has 0 spiro atoms. The van der Waals surface area contributed by atoms with E-state index in [1.807, 2.05) is 30.3 Å². The second-order valence-electron chi connectivity index (χ2n) is 8.77. The van der Waals surface area contributed by atoms with Gasteiger partial charge in [0, 0.05) is 26.3 Å². The van der Waals surface area contributed by atoms with Crippen LogP contribution in [0.5, 0.6) is 0 Å². The molecule has 2 saturated heterocycles. The standard InChI is InChI=1S/C25H31N5O3S/c1-2-19-22-23(28-21(27-19)16-33-18-10-13-32-14-11-18)29-25(34-22)30-12-6-9-20(30)24(31)26-15-17-7-4-3-5-8-17/h3-5,7-8,18,20H,2,6,9-16H2,1H3,(H,26,31)/t20-/m1/s1. The molecule has 1 aromatic carbocycles. The number of amides is 1. The number of carbonyl (C=O) groups is 1. The molecule has 0 aliphatic carbocycles. The maximum absolute atomic E-state index is 13.0. The summed E-state index contributed by atoms with van der Waals surface area (Å²) in [4.78, 5) is 29.5. The number of fused-ring (bicyclic) bond motifs is 1. The van der Waals surface area contributed by atoms with E-state index in [4.69, 9.17) is 24.4 Å². The first-order chi connectivity index (χ1) is 16.7. The Morgan fingerprint density at radius 2 is 2.00 bits per heavy atom. The van der Waals surface area contributed by atoms with Crippen LogP contribution >= 0.6 is 11.3 Å². The number of aryl methyl sites for hydroxylation is 1. The topological polar surface area (TPSA) is 89.5 Å². The molecular weight excluding hydrogens is 450 g/mol. The second-order valence-corrected chi connectivity index (χ2v) is 9.74. The summed E-state index contributed by atoms with van der Waals surface area (Å²) in [6.07, 6.45) is 4.61. The zero-order valence-electron chi connectivity index (χ0n) is 19.5. The molecule has 0 unspecified atom stereocenters. The molecular formula is C25H31N5O3S. The average Bonchev–Trinajstić information content (AvgIpc) is 3.54. The molecule has 2 fully saturated rings. The molecule has 9 heteroatoms. The van der Waals surface area contributed by atoms with Gasteiger partial charge in [-0.3, -0.25) is 4.79 Å². The van der Waals surface area contributed by atoms with Crippen molar-refractivity contribution < 1.29 is 14.3 Å². The zero-order chi connectivity index (χ0) is 23.3. The summed E-state index contributed by atoms with van der Waals surface area (Å²) in [5, 5.41) is 3.94. The molecule has 2 aliphatic rings. The van der Waals surface area contributed by atoms with Gasteiger partial charge in [-0.1, -0.05) is 48.6 Å². The lowest BCUT2D eigenvalue weighted by Crippen LogP contribution is -2.43. The van der Waals surface area contributed by atoms with Gasteiger partial charge in [0.1, 0.15) is 12.6 Å². The Morgan fingerprint density at radius 1 is 1.18 bits per heavy atom. The van der Waals surface area contributed by atoms with E-state index in [-0.39, 0.29) is 18.1 Å². The molecule has 0 radical (unpaired) electrons. The van der Waals surface area contributed by atoms with Crippen molar-refractivity contribution >= 4 is 32.7 Å². The quantitative estimate of drug-likeness (QED) is 0.525. The highest BCUT2D eigenvalue weighted by molar-refractivity contribution is 7.22. The molecule has 1 N–H and O–H groups in total. The van der Waals surface area contributed by atoms with Gasteiger partial charge < -0.3 is 19.7 Å². The van der Waals surface area contributed by atoms with Gasteiger partial charge in [0.15, 0.2) is 16.6 Å². The van der Waals surface area contributed by atoms with Crippen LogP contribution in [0.25, 0.3) is 10.3 Å². The SMILES string of the molecule is CCc1nc(COC2CCOCC2)nc2nc(N3CCC[C@@H]3C(=O)NCc3ccccc3)sc12. The van der Waals surface area contributed by atoms with Crippen LogP contribution < -0.4 is 10.2 Å². The van der Waals surface area contributed by atoms with E-state index in [1.165, 1.54) is 0 Å². The van der Waals surface area contributed by atoms with Crippen molar-refractivity contribution in [3.05, 3.63) is 47.4 Å². The molecule has 34 heavy (non-hydrogen) atoms. The normalized spacial score (nSPS) is 19.1. The van der Waals surface area contributed by atoms with Gasteiger partial charge in [-0.25, -0.2) is 9.97 Å². The molecule has 2 aromatic heterocycles. The van der Waals surface area contributed by atoms with Crippen molar-refractivity contribution in [1.29, 1.82) is 0 Å². The highest BCUT2D eigenvalue weighted by Crippen LogP contribution is 2.34. The van der Waals surface area contributed by atoms with E-state index in [1.54, 1.807) is 11.3 Å². The minimum absolute atomic E-state index is 0.0490. The van der Waals surface area contributed by atoms with Crippen LogP contribution in [0.1, 0.15) is 49.7 Å². The van der Waals surface area contributed by atoms with Gasteiger partial charge >= 0.3 is 0 Å². The van der Waals surface area contributed by atoms with Crippen molar-refractivity contribution in [3.63, 3.8) is 0 Å². The van der Waals surface area contributed by atoms with Gasteiger partial charge in [0.2, 0.25) is 5.91 Å². The van der Waals surface area contributed by atoms with E-state index in [0.717, 1.165) is 73.0 Å². The second kappa shape index (κ2) is 10.8. The van der Waals surface area contributed by atoms with Gasteiger partial charge in [-0.05, 0) is 37.7 Å². The van der Waals surface area contributed by atoms with Gasteiger partial charge in [-0.15, -0.1) is 0 Å². The summed E-state index contributed by atoms with van der Waals surface area (Å²) in [5.74, 6) is 0.722. The molecule has 180 valence electrons. The third-order valence-corrected chi connectivity index (χ3v) is 7.55. The maximum Gasteiger partial charge on any atom is 0.243 e. The van der Waals surface area contributed by atoms with Crippen molar-refractivity contribution in [3.8, 4) is 0 Å². The lowest BCUT2D eigenvalue weighted by Gasteiger charge is -2.23. The van der Waals surface area contributed by atoms with Gasteiger partial charge in [-0.2, -0.15) is 4.98 Å². The number of carbonyl (C=O) groups excluding carboxylic acids is 1. The minimum atomic E-state index is -0.210. The lowest BCUT2D eigenvalue weighted by atomic mass is 10.1. The van der Waals surface area contributed by atoms with Crippen LogP contribution in [0, 0.1) is 0 Å². The molecule has 8 nitrogen and oxygen atoms in total. The largest absolute Gasteiger partial charge is 0.381 e. The fourth-order valence-electron chi connectivity index (χ4n) is 4.55. The highest BCUT2D eigenvalue weighted by atomic mass is 32.1. The lowest BCUT2D eigenvalue weighted by molar-refractivity contribution is -0.122. The first kappa shape index (κ1) is 23.1. The summed E-state index contributed by atoms with van der Waals surface area (Å²) in [5.41, 5.74) is 2.79. The highest BCUT2D eigenvalue weighted by Gasteiger charge is 2.33. The van der Waals surface area contributed by atoms with E-state index < -0.39 is 0 Å². The van der Waals surface area contributed by atoms with Crippen LogP contribution in [-0.2, 0) is 33.8 Å². The smallest absolute Gasteiger partial charge is 0.243 e. The number of thiazole rings is 1. The Balaban J connectivity index is 1.30. The van der Waals surface area contributed by atoms with Crippen molar-refractivity contribution in [2.24, 2.45) is 0 Å². The van der Waals surface area contributed by atoms with E-state index in [2.05, 4.69) is 17.1 Å². The third kappa shape index (κ3) is 5.21. The third-order valence-electron chi connectivity index (χ3n) is 6.42. The summed E-state index contributed by atoms with van der Waals surface area (Å²) >= 11 is 1.59. The Morgan fingerprint density at radius 3 is 2.79 bits per heavy atom. The molecule has 1 atom stereocenters. The molecule has 0 saturated carbocycles. The van der Waals surface area contributed by atoms with E-state index >= 15 is 0 Å². The minimum Gasteiger partial charge on any atom is -0.381 e. The maximum atomic E-state index is 13.0. The molecule has 1 amide bonds.